The van der Waals surface area contributed by atoms with E-state index < -0.39 is 10.0 Å². The van der Waals surface area contributed by atoms with Crippen molar-refractivity contribution in [2.24, 2.45) is 0 Å². The molecule has 0 amide bonds. The van der Waals surface area contributed by atoms with Gasteiger partial charge in [0.25, 0.3) is 0 Å². The number of ketones is 1. The van der Waals surface area contributed by atoms with Crippen molar-refractivity contribution in [2.45, 2.75) is 4.90 Å². The van der Waals surface area contributed by atoms with E-state index in [-0.39, 0.29) is 17.2 Å². The van der Waals surface area contributed by atoms with Gasteiger partial charge in [-0.2, -0.15) is 0 Å². The molecule has 0 aromatic heterocycles. The van der Waals surface area contributed by atoms with Gasteiger partial charge in [-0.05, 0) is 48.5 Å². The molecule has 0 aliphatic carbocycles. The predicted octanol–water partition coefficient (Wildman–Crippen LogP) is 1.92. The summed E-state index contributed by atoms with van der Waals surface area (Å²) in [5, 5.41) is 0. The van der Waals surface area contributed by atoms with Gasteiger partial charge in [0.15, 0.2) is 5.78 Å². The van der Waals surface area contributed by atoms with E-state index in [4.69, 9.17) is 4.74 Å². The summed E-state index contributed by atoms with van der Waals surface area (Å²) < 4.78 is 31.7. The first kappa shape index (κ1) is 18.0. The largest absolute Gasteiger partial charge is 0.497 e. The van der Waals surface area contributed by atoms with Crippen molar-refractivity contribution in [1.29, 1.82) is 0 Å². The first-order valence-electron chi connectivity index (χ1n) is 7.28. The molecule has 0 aliphatic rings. The third-order valence-corrected chi connectivity index (χ3v) is 4.92. The predicted molar refractivity (Wildman–Crippen MR) is 93.3 cm³/mol. The standard InChI is InChI=1S/C17H20N2O4S/c1-19(2)14-6-4-13(5-7-14)17(20)12-18-24(21,22)16-10-8-15(23-3)9-11-16/h4-11,18H,12H2,1-3H3. The van der Waals surface area contributed by atoms with E-state index in [1.807, 2.05) is 31.1 Å². The summed E-state index contributed by atoms with van der Waals surface area (Å²) in [6.07, 6.45) is 0. The van der Waals surface area contributed by atoms with E-state index in [1.54, 1.807) is 24.3 Å². The Morgan fingerprint density at radius 3 is 2.12 bits per heavy atom. The molecule has 1 N–H and O–H groups in total. The normalized spacial score (nSPS) is 11.1. The second-order valence-electron chi connectivity index (χ2n) is 5.36. The quantitative estimate of drug-likeness (QED) is 0.774. The number of methoxy groups -OCH3 is 1. The fourth-order valence-corrected chi connectivity index (χ4v) is 3.03. The van der Waals surface area contributed by atoms with Crippen LogP contribution in [0.1, 0.15) is 10.4 Å². The van der Waals surface area contributed by atoms with Crippen molar-refractivity contribution in [1.82, 2.24) is 4.72 Å². The average Bonchev–Trinajstić information content (AvgIpc) is 2.60. The second-order valence-corrected chi connectivity index (χ2v) is 7.13. The van der Waals surface area contributed by atoms with Crippen LogP contribution < -0.4 is 14.4 Å². The molecule has 0 saturated heterocycles. The van der Waals surface area contributed by atoms with Crippen LogP contribution >= 0.6 is 0 Å². The lowest BCUT2D eigenvalue weighted by molar-refractivity contribution is 0.0997. The number of nitrogens with zero attached hydrogens (tertiary/aromatic N) is 1. The summed E-state index contributed by atoms with van der Waals surface area (Å²) in [6.45, 7) is -0.296. The molecule has 0 saturated carbocycles. The van der Waals surface area contributed by atoms with Crippen LogP contribution in [0.3, 0.4) is 0 Å². The Bertz CT molecular complexity index is 797. The first-order chi connectivity index (χ1) is 11.3. The number of rotatable bonds is 7. The van der Waals surface area contributed by atoms with E-state index in [1.165, 1.54) is 19.2 Å². The van der Waals surface area contributed by atoms with Gasteiger partial charge in [-0.25, -0.2) is 13.1 Å². The van der Waals surface area contributed by atoms with Crippen molar-refractivity contribution in [2.75, 3.05) is 32.6 Å². The SMILES string of the molecule is COc1ccc(S(=O)(=O)NCC(=O)c2ccc(N(C)C)cc2)cc1. The van der Waals surface area contributed by atoms with Crippen molar-refractivity contribution in [3.05, 3.63) is 54.1 Å². The number of hydrogen-bond donors (Lipinski definition) is 1. The molecule has 128 valence electrons. The zero-order valence-corrected chi connectivity index (χ0v) is 14.6. The highest BCUT2D eigenvalue weighted by Gasteiger charge is 2.16. The first-order valence-corrected chi connectivity index (χ1v) is 8.76. The molecule has 0 bridgehead atoms. The van der Waals surface area contributed by atoms with Crippen LogP contribution in [0.5, 0.6) is 5.75 Å². The lowest BCUT2D eigenvalue weighted by Crippen LogP contribution is -2.29. The van der Waals surface area contributed by atoms with Gasteiger partial charge in [0.1, 0.15) is 5.75 Å². The van der Waals surface area contributed by atoms with Crippen LogP contribution in [0, 0.1) is 0 Å². The van der Waals surface area contributed by atoms with Crippen LogP contribution in [-0.2, 0) is 10.0 Å². The smallest absolute Gasteiger partial charge is 0.240 e. The van der Waals surface area contributed by atoms with E-state index in [9.17, 15) is 13.2 Å². The molecule has 0 aliphatic heterocycles. The highest BCUT2D eigenvalue weighted by molar-refractivity contribution is 7.89. The van der Waals surface area contributed by atoms with Gasteiger partial charge in [-0.15, -0.1) is 0 Å². The lowest BCUT2D eigenvalue weighted by Gasteiger charge is -2.12. The Hall–Kier alpha value is -2.38. The van der Waals surface area contributed by atoms with Crippen molar-refractivity contribution in [3.63, 3.8) is 0 Å². The molecule has 0 spiro atoms. The molecule has 2 aromatic rings. The Labute approximate surface area is 142 Å². The number of sulfonamides is 1. The zero-order chi connectivity index (χ0) is 17.7. The Kier molecular flexibility index (Phi) is 5.58. The maximum atomic E-state index is 12.2. The molecule has 0 unspecified atom stereocenters. The number of hydrogen-bond acceptors (Lipinski definition) is 5. The molecular weight excluding hydrogens is 328 g/mol. The van der Waals surface area contributed by atoms with Crippen LogP contribution in [0.4, 0.5) is 5.69 Å². The number of carbonyl (C=O) groups excluding carboxylic acids is 1. The summed E-state index contributed by atoms with van der Waals surface area (Å²) in [4.78, 5) is 14.1. The number of nitrogens with one attached hydrogen (secondary N) is 1. The fourth-order valence-electron chi connectivity index (χ4n) is 2.05. The van der Waals surface area contributed by atoms with E-state index in [0.717, 1.165) is 5.69 Å². The maximum Gasteiger partial charge on any atom is 0.240 e. The van der Waals surface area contributed by atoms with Crippen LogP contribution in [0.25, 0.3) is 0 Å². The summed E-state index contributed by atoms with van der Waals surface area (Å²) in [6, 6.07) is 12.9. The molecule has 24 heavy (non-hydrogen) atoms. The fraction of sp³-hybridized carbons (Fsp3) is 0.235. The van der Waals surface area contributed by atoms with E-state index in [0.29, 0.717) is 11.3 Å². The van der Waals surface area contributed by atoms with Gasteiger partial charge >= 0.3 is 0 Å². The molecule has 0 fully saturated rings. The molecular formula is C17H20N2O4S. The number of anilines is 1. The van der Waals surface area contributed by atoms with Crippen molar-refractivity contribution >= 4 is 21.5 Å². The summed E-state index contributed by atoms with van der Waals surface area (Å²) in [5.41, 5.74) is 1.42. The minimum atomic E-state index is -3.74. The molecule has 2 rings (SSSR count). The third-order valence-electron chi connectivity index (χ3n) is 3.50. The minimum absolute atomic E-state index is 0.0825. The minimum Gasteiger partial charge on any atom is -0.497 e. The number of ether oxygens (including phenoxy) is 1. The highest BCUT2D eigenvalue weighted by Crippen LogP contribution is 2.16. The van der Waals surface area contributed by atoms with Crippen LogP contribution in [0.15, 0.2) is 53.4 Å². The molecule has 0 heterocycles. The third kappa shape index (κ3) is 4.33. The van der Waals surface area contributed by atoms with Gasteiger partial charge < -0.3 is 9.64 Å². The van der Waals surface area contributed by atoms with Gasteiger partial charge in [0, 0.05) is 25.3 Å². The van der Waals surface area contributed by atoms with Gasteiger partial charge in [0.05, 0.1) is 18.6 Å². The zero-order valence-electron chi connectivity index (χ0n) is 13.8. The monoisotopic (exact) mass is 348 g/mol. The highest BCUT2D eigenvalue weighted by atomic mass is 32.2. The topological polar surface area (TPSA) is 75.7 Å². The number of benzene rings is 2. The molecule has 0 radical (unpaired) electrons. The lowest BCUT2D eigenvalue weighted by atomic mass is 10.1. The van der Waals surface area contributed by atoms with Crippen LogP contribution in [0.2, 0.25) is 0 Å². The number of carbonyl (C=O) groups is 1. The van der Waals surface area contributed by atoms with Gasteiger partial charge in [0.2, 0.25) is 10.0 Å². The van der Waals surface area contributed by atoms with Gasteiger partial charge in [-0.3, -0.25) is 4.79 Å². The average molecular weight is 348 g/mol. The van der Waals surface area contributed by atoms with E-state index in [2.05, 4.69) is 4.72 Å². The molecule has 0 atom stereocenters. The molecule has 7 heteroatoms. The Morgan fingerprint density at radius 1 is 1.04 bits per heavy atom. The Morgan fingerprint density at radius 2 is 1.62 bits per heavy atom. The maximum absolute atomic E-state index is 12.2. The second kappa shape index (κ2) is 7.46. The van der Waals surface area contributed by atoms with Gasteiger partial charge in [-0.1, -0.05) is 0 Å². The van der Waals surface area contributed by atoms with Crippen LogP contribution in [-0.4, -0.2) is 42.0 Å². The Balaban J connectivity index is 2.03. The number of Topliss-reactive ketones (excluding diaryl/α,β-unsaturated/α-hetero) is 1. The molecule has 6 nitrogen and oxygen atoms in total. The summed E-state index contributed by atoms with van der Waals surface area (Å²) in [5.74, 6) is 0.267. The van der Waals surface area contributed by atoms with E-state index >= 15 is 0 Å². The summed E-state index contributed by atoms with van der Waals surface area (Å²) in [7, 11) is 1.56. The molecule has 2 aromatic carbocycles. The van der Waals surface area contributed by atoms with Crippen molar-refractivity contribution in [3.8, 4) is 5.75 Å². The summed E-state index contributed by atoms with van der Waals surface area (Å²) >= 11 is 0. The van der Waals surface area contributed by atoms with Crippen molar-refractivity contribution < 1.29 is 17.9 Å².